The molecule has 8 heteroatoms. The lowest BCUT2D eigenvalue weighted by Gasteiger charge is -2.07. The molecule has 1 aromatic carbocycles. The van der Waals surface area contributed by atoms with Gasteiger partial charge in [-0.15, -0.1) is 10.2 Å². The van der Waals surface area contributed by atoms with Gasteiger partial charge in [0.05, 0.1) is 9.82 Å². The lowest BCUT2D eigenvalue weighted by atomic mass is 10.2. The molecule has 0 spiro atoms. The molecule has 7 nitrogen and oxygen atoms in total. The zero-order valence-electron chi connectivity index (χ0n) is 10.5. The summed E-state index contributed by atoms with van der Waals surface area (Å²) in [4.78, 5) is 11.4. The van der Waals surface area contributed by atoms with Crippen molar-refractivity contribution in [1.29, 1.82) is 0 Å². The van der Waals surface area contributed by atoms with Crippen molar-refractivity contribution in [2.45, 2.75) is 17.0 Å². The third-order valence-electron chi connectivity index (χ3n) is 2.42. The number of aromatic nitrogens is 3. The number of rotatable bonds is 5. The van der Waals surface area contributed by atoms with Gasteiger partial charge >= 0.3 is 5.69 Å². The average molecular weight is 279 g/mol. The molecule has 19 heavy (non-hydrogen) atoms. The highest BCUT2D eigenvalue weighted by Gasteiger charge is 2.21. The van der Waals surface area contributed by atoms with E-state index in [9.17, 15) is 10.1 Å². The average Bonchev–Trinajstić information content (AvgIpc) is 2.75. The van der Waals surface area contributed by atoms with Crippen molar-refractivity contribution in [3.8, 4) is 0 Å². The van der Waals surface area contributed by atoms with Crippen LogP contribution in [-0.4, -0.2) is 26.2 Å². The first-order chi connectivity index (χ1) is 9.13. The molecule has 1 heterocycles. The highest BCUT2D eigenvalue weighted by Crippen LogP contribution is 2.38. The number of nitro benzene ring substituents is 1. The van der Waals surface area contributed by atoms with E-state index in [4.69, 9.17) is 0 Å². The Morgan fingerprint density at radius 3 is 2.89 bits per heavy atom. The van der Waals surface area contributed by atoms with E-state index in [-0.39, 0.29) is 10.6 Å². The van der Waals surface area contributed by atoms with E-state index in [0.717, 1.165) is 0 Å². The number of benzene rings is 1. The molecule has 1 aromatic heterocycles. The van der Waals surface area contributed by atoms with Crippen LogP contribution in [0, 0.1) is 10.1 Å². The van der Waals surface area contributed by atoms with Gasteiger partial charge in [0.2, 0.25) is 0 Å². The first kappa shape index (κ1) is 13.3. The Morgan fingerprint density at radius 2 is 2.32 bits per heavy atom. The topological polar surface area (TPSA) is 85.9 Å². The van der Waals surface area contributed by atoms with E-state index in [2.05, 4.69) is 15.5 Å². The summed E-state index contributed by atoms with van der Waals surface area (Å²) >= 11 is 1.22. The Kier molecular flexibility index (Phi) is 4.00. The summed E-state index contributed by atoms with van der Waals surface area (Å²) in [6, 6.07) is 5.18. The van der Waals surface area contributed by atoms with Gasteiger partial charge in [-0.05, 0) is 30.8 Å². The first-order valence-corrected chi connectivity index (χ1v) is 6.48. The number of nitrogens with zero attached hydrogens (tertiary/aromatic N) is 4. The molecule has 0 atom stereocenters. The second-order valence-electron chi connectivity index (χ2n) is 3.77. The van der Waals surface area contributed by atoms with Crippen molar-refractivity contribution in [1.82, 2.24) is 14.8 Å². The number of hydrogen-bond acceptors (Lipinski definition) is 6. The molecular weight excluding hydrogens is 266 g/mol. The standard InChI is InChI=1S/C11H13N5O2S/c1-3-12-8-5-4-6-9(10(8)16(17)18)19-11-14-13-7-15(11)2/h4-7,12H,3H2,1-2H3. The minimum Gasteiger partial charge on any atom is -0.380 e. The maximum Gasteiger partial charge on any atom is 0.306 e. The number of para-hydroxylation sites is 1. The molecule has 0 bridgehead atoms. The van der Waals surface area contributed by atoms with Gasteiger partial charge in [-0.1, -0.05) is 6.07 Å². The second kappa shape index (κ2) is 5.70. The zero-order valence-corrected chi connectivity index (χ0v) is 11.3. The SMILES string of the molecule is CCNc1cccc(Sc2nncn2C)c1[N+](=O)[O-]. The van der Waals surface area contributed by atoms with Crippen LogP contribution in [0.15, 0.2) is 34.6 Å². The van der Waals surface area contributed by atoms with Gasteiger partial charge < -0.3 is 9.88 Å². The van der Waals surface area contributed by atoms with Gasteiger partial charge in [0.1, 0.15) is 12.0 Å². The summed E-state index contributed by atoms with van der Waals surface area (Å²) in [5.41, 5.74) is 0.581. The summed E-state index contributed by atoms with van der Waals surface area (Å²) in [6.07, 6.45) is 1.56. The molecule has 1 N–H and O–H groups in total. The van der Waals surface area contributed by atoms with Crippen LogP contribution in [0.25, 0.3) is 0 Å². The predicted molar refractivity (Wildman–Crippen MR) is 72.4 cm³/mol. The molecule has 2 aromatic rings. The van der Waals surface area contributed by atoms with Crippen molar-refractivity contribution in [2.75, 3.05) is 11.9 Å². The molecular formula is C11H13N5O2S. The lowest BCUT2D eigenvalue weighted by molar-refractivity contribution is -0.386. The van der Waals surface area contributed by atoms with Crippen LogP contribution in [-0.2, 0) is 7.05 Å². The van der Waals surface area contributed by atoms with E-state index in [1.807, 2.05) is 6.92 Å². The number of aryl methyl sites for hydroxylation is 1. The molecule has 0 aliphatic carbocycles. The summed E-state index contributed by atoms with van der Waals surface area (Å²) in [7, 11) is 1.79. The third kappa shape index (κ3) is 2.84. The van der Waals surface area contributed by atoms with Crippen LogP contribution in [0.3, 0.4) is 0 Å². The van der Waals surface area contributed by atoms with Gasteiger partial charge in [-0.3, -0.25) is 10.1 Å². The maximum absolute atomic E-state index is 11.2. The summed E-state index contributed by atoms with van der Waals surface area (Å²) in [6.45, 7) is 2.52. The normalized spacial score (nSPS) is 10.4. The molecule has 0 aliphatic heterocycles. The predicted octanol–water partition coefficient (Wildman–Crippen LogP) is 2.31. The summed E-state index contributed by atoms with van der Waals surface area (Å²) in [5, 5.41) is 22.5. The third-order valence-corrected chi connectivity index (χ3v) is 3.52. The molecule has 2 rings (SSSR count). The molecule has 0 aliphatic rings. The van der Waals surface area contributed by atoms with Crippen LogP contribution in [0.2, 0.25) is 0 Å². The number of anilines is 1. The van der Waals surface area contributed by atoms with Gasteiger partial charge in [0.25, 0.3) is 0 Å². The smallest absolute Gasteiger partial charge is 0.306 e. The van der Waals surface area contributed by atoms with Crippen molar-refractivity contribution >= 4 is 23.1 Å². The van der Waals surface area contributed by atoms with E-state index in [1.165, 1.54) is 11.8 Å². The van der Waals surface area contributed by atoms with Crippen LogP contribution < -0.4 is 5.32 Å². The molecule has 0 amide bonds. The molecule has 0 saturated heterocycles. The van der Waals surface area contributed by atoms with E-state index >= 15 is 0 Å². The van der Waals surface area contributed by atoms with E-state index in [0.29, 0.717) is 22.3 Å². The van der Waals surface area contributed by atoms with Crippen LogP contribution >= 0.6 is 11.8 Å². The molecule has 0 radical (unpaired) electrons. The summed E-state index contributed by atoms with van der Waals surface area (Å²) < 4.78 is 1.72. The molecule has 0 saturated carbocycles. The highest BCUT2D eigenvalue weighted by molar-refractivity contribution is 7.99. The largest absolute Gasteiger partial charge is 0.380 e. The van der Waals surface area contributed by atoms with Crippen molar-refractivity contribution in [3.63, 3.8) is 0 Å². The Labute approximate surface area is 114 Å². The zero-order chi connectivity index (χ0) is 13.8. The minimum atomic E-state index is -0.378. The fourth-order valence-electron chi connectivity index (χ4n) is 1.59. The van der Waals surface area contributed by atoms with E-state index < -0.39 is 0 Å². The van der Waals surface area contributed by atoms with Gasteiger partial charge in [-0.2, -0.15) is 0 Å². The van der Waals surface area contributed by atoms with Crippen molar-refractivity contribution in [2.24, 2.45) is 7.05 Å². The first-order valence-electron chi connectivity index (χ1n) is 5.66. The van der Waals surface area contributed by atoms with Crippen LogP contribution in [0.1, 0.15) is 6.92 Å². The van der Waals surface area contributed by atoms with Gasteiger partial charge in [0.15, 0.2) is 5.16 Å². The van der Waals surface area contributed by atoms with Gasteiger partial charge in [-0.25, -0.2) is 0 Å². The Hall–Kier alpha value is -2.09. The van der Waals surface area contributed by atoms with Crippen molar-refractivity contribution in [3.05, 3.63) is 34.6 Å². The maximum atomic E-state index is 11.2. The van der Waals surface area contributed by atoms with E-state index in [1.54, 1.807) is 36.1 Å². The lowest BCUT2D eigenvalue weighted by Crippen LogP contribution is -2.02. The Bertz CT molecular complexity index is 599. The minimum absolute atomic E-state index is 0.0670. The Morgan fingerprint density at radius 1 is 1.53 bits per heavy atom. The number of hydrogen-bond donors (Lipinski definition) is 1. The van der Waals surface area contributed by atoms with Crippen LogP contribution in [0.5, 0.6) is 0 Å². The number of nitrogens with one attached hydrogen (secondary N) is 1. The molecule has 0 unspecified atom stereocenters. The monoisotopic (exact) mass is 279 g/mol. The molecule has 100 valence electrons. The van der Waals surface area contributed by atoms with Gasteiger partial charge in [0, 0.05) is 13.6 Å². The van der Waals surface area contributed by atoms with Crippen molar-refractivity contribution < 1.29 is 4.92 Å². The van der Waals surface area contributed by atoms with Crippen LogP contribution in [0.4, 0.5) is 11.4 Å². The highest BCUT2D eigenvalue weighted by atomic mass is 32.2. The number of nitro groups is 1. The Balaban J connectivity index is 2.42. The second-order valence-corrected chi connectivity index (χ2v) is 4.78. The molecule has 0 fully saturated rings. The fourth-order valence-corrected chi connectivity index (χ4v) is 2.49. The summed E-state index contributed by atoms with van der Waals surface area (Å²) in [5.74, 6) is 0. The quantitative estimate of drug-likeness (QED) is 0.667. The fraction of sp³-hybridized carbons (Fsp3) is 0.273.